The number of hydrogen-bond acceptors (Lipinski definition) is 6. The summed E-state index contributed by atoms with van der Waals surface area (Å²) in [5, 5.41) is 23.4. The van der Waals surface area contributed by atoms with Gasteiger partial charge in [0, 0.05) is 31.1 Å². The van der Waals surface area contributed by atoms with Crippen LogP contribution in [0.2, 0.25) is 0 Å². The summed E-state index contributed by atoms with van der Waals surface area (Å²) < 4.78 is 0. The van der Waals surface area contributed by atoms with Crippen molar-refractivity contribution in [3.63, 3.8) is 0 Å². The monoisotopic (exact) mass is 390 g/mol. The van der Waals surface area contributed by atoms with Gasteiger partial charge in [-0.15, -0.1) is 11.3 Å². The Morgan fingerprint density at radius 1 is 1.25 bits per heavy atom. The summed E-state index contributed by atoms with van der Waals surface area (Å²) in [4.78, 5) is 17.2. The molecule has 28 heavy (non-hydrogen) atoms. The van der Waals surface area contributed by atoms with Gasteiger partial charge in [-0.05, 0) is 24.6 Å². The first-order chi connectivity index (χ1) is 13.4. The molecule has 0 spiro atoms. The number of nitro groups is 1. The van der Waals surface area contributed by atoms with E-state index in [1.165, 1.54) is 23.0 Å². The number of anilines is 1. The predicted octanol–water partition coefficient (Wildman–Crippen LogP) is 5.16. The van der Waals surface area contributed by atoms with E-state index in [1.54, 1.807) is 37.2 Å². The minimum absolute atomic E-state index is 0.00415. The van der Waals surface area contributed by atoms with E-state index < -0.39 is 4.92 Å². The molecule has 6 nitrogen and oxygen atoms in total. The molecule has 1 heterocycles. The molecule has 0 amide bonds. The Morgan fingerprint density at radius 3 is 2.57 bits per heavy atom. The SMILES string of the molecule is Cc1ccc(-c2csc(/C(C#N)=C/c3ccc(N(C)C)c([N+](=O)[O-])c3)n2)cc1. The Balaban J connectivity index is 1.97. The van der Waals surface area contributed by atoms with Crippen molar-refractivity contribution in [3.8, 4) is 17.3 Å². The number of nitriles is 1. The van der Waals surface area contributed by atoms with Gasteiger partial charge in [0.05, 0.1) is 16.2 Å². The lowest BCUT2D eigenvalue weighted by Gasteiger charge is -2.12. The molecule has 0 aliphatic rings. The predicted molar refractivity (Wildman–Crippen MR) is 113 cm³/mol. The summed E-state index contributed by atoms with van der Waals surface area (Å²) in [5.41, 5.74) is 4.41. The third-order valence-corrected chi connectivity index (χ3v) is 5.07. The Kier molecular flexibility index (Phi) is 5.52. The highest BCUT2D eigenvalue weighted by Gasteiger charge is 2.16. The first-order valence-corrected chi connectivity index (χ1v) is 9.37. The van der Waals surface area contributed by atoms with Crippen LogP contribution in [0.3, 0.4) is 0 Å². The van der Waals surface area contributed by atoms with E-state index >= 15 is 0 Å². The van der Waals surface area contributed by atoms with E-state index in [2.05, 4.69) is 11.1 Å². The summed E-state index contributed by atoms with van der Waals surface area (Å²) in [5.74, 6) is 0. The Bertz CT molecular complexity index is 1090. The number of benzene rings is 2. The van der Waals surface area contributed by atoms with Gasteiger partial charge in [0.25, 0.3) is 5.69 Å². The van der Waals surface area contributed by atoms with Crippen molar-refractivity contribution in [2.45, 2.75) is 6.92 Å². The summed E-state index contributed by atoms with van der Waals surface area (Å²) >= 11 is 1.38. The van der Waals surface area contributed by atoms with Gasteiger partial charge in [-0.2, -0.15) is 5.26 Å². The van der Waals surface area contributed by atoms with Crippen LogP contribution in [0.1, 0.15) is 16.1 Å². The minimum atomic E-state index is -0.419. The molecule has 0 atom stereocenters. The second-order valence-corrected chi connectivity index (χ2v) is 7.33. The molecule has 0 saturated carbocycles. The van der Waals surface area contributed by atoms with Crippen LogP contribution in [0, 0.1) is 28.4 Å². The smallest absolute Gasteiger partial charge is 0.293 e. The highest BCUT2D eigenvalue weighted by atomic mass is 32.1. The van der Waals surface area contributed by atoms with E-state index in [0.717, 1.165) is 11.3 Å². The lowest BCUT2D eigenvalue weighted by atomic mass is 10.1. The largest absolute Gasteiger partial charge is 0.372 e. The standard InChI is InChI=1S/C21H18N4O2S/c1-14-4-7-16(8-5-14)18-13-28-21(23-18)17(12-22)10-15-6-9-19(24(2)3)20(11-15)25(26)27/h4-11,13H,1-3H3/b17-10+. The van der Waals surface area contributed by atoms with Crippen LogP contribution >= 0.6 is 11.3 Å². The molecule has 0 radical (unpaired) electrons. The number of aryl methyl sites for hydroxylation is 1. The molecule has 140 valence electrons. The van der Waals surface area contributed by atoms with Crippen molar-refractivity contribution >= 4 is 34.4 Å². The molecule has 0 N–H and O–H groups in total. The molecule has 0 unspecified atom stereocenters. The van der Waals surface area contributed by atoms with Crippen molar-refractivity contribution in [1.29, 1.82) is 5.26 Å². The molecule has 0 aliphatic heterocycles. The van der Waals surface area contributed by atoms with Crippen molar-refractivity contribution in [1.82, 2.24) is 4.98 Å². The lowest BCUT2D eigenvalue weighted by molar-refractivity contribution is -0.384. The Hall–Kier alpha value is -3.50. The number of rotatable bonds is 5. The summed E-state index contributed by atoms with van der Waals surface area (Å²) in [6, 6.07) is 15.1. The lowest BCUT2D eigenvalue weighted by Crippen LogP contribution is -2.10. The summed E-state index contributed by atoms with van der Waals surface area (Å²) in [6.45, 7) is 2.02. The van der Waals surface area contributed by atoms with Gasteiger partial charge in [-0.3, -0.25) is 10.1 Å². The van der Waals surface area contributed by atoms with Crippen molar-refractivity contribution in [2.24, 2.45) is 0 Å². The van der Waals surface area contributed by atoms with E-state index in [4.69, 9.17) is 0 Å². The second kappa shape index (κ2) is 8.03. The number of hydrogen-bond donors (Lipinski definition) is 0. The fourth-order valence-electron chi connectivity index (χ4n) is 2.72. The molecule has 0 fully saturated rings. The normalized spacial score (nSPS) is 11.1. The van der Waals surface area contributed by atoms with Crippen LogP contribution in [0.5, 0.6) is 0 Å². The number of nitro benzene ring substituents is 1. The molecule has 7 heteroatoms. The second-order valence-electron chi connectivity index (χ2n) is 6.47. The first kappa shape index (κ1) is 19.3. The number of allylic oxidation sites excluding steroid dienone is 1. The van der Waals surface area contributed by atoms with Gasteiger partial charge in [0.1, 0.15) is 16.8 Å². The van der Waals surface area contributed by atoms with Crippen molar-refractivity contribution in [2.75, 3.05) is 19.0 Å². The molecule has 2 aromatic carbocycles. The number of thiazole rings is 1. The highest BCUT2D eigenvalue weighted by molar-refractivity contribution is 7.11. The van der Waals surface area contributed by atoms with Crippen LogP contribution in [0.15, 0.2) is 47.8 Å². The van der Waals surface area contributed by atoms with Crippen LogP contribution in [-0.2, 0) is 0 Å². The molecule has 0 aliphatic carbocycles. The van der Waals surface area contributed by atoms with Crippen molar-refractivity contribution < 1.29 is 4.92 Å². The van der Waals surface area contributed by atoms with E-state index in [1.807, 2.05) is 36.6 Å². The zero-order chi connectivity index (χ0) is 20.3. The first-order valence-electron chi connectivity index (χ1n) is 8.49. The zero-order valence-electron chi connectivity index (χ0n) is 15.7. The highest BCUT2D eigenvalue weighted by Crippen LogP contribution is 2.31. The fourth-order valence-corrected chi connectivity index (χ4v) is 3.51. The fraction of sp³-hybridized carbons (Fsp3) is 0.143. The van der Waals surface area contributed by atoms with Gasteiger partial charge in [0.2, 0.25) is 0 Å². The van der Waals surface area contributed by atoms with E-state index in [0.29, 0.717) is 21.8 Å². The summed E-state index contributed by atoms with van der Waals surface area (Å²) in [7, 11) is 3.50. The van der Waals surface area contributed by atoms with E-state index in [-0.39, 0.29) is 5.69 Å². The molecule has 1 aromatic heterocycles. The zero-order valence-corrected chi connectivity index (χ0v) is 16.5. The maximum atomic E-state index is 11.4. The molecule has 0 saturated heterocycles. The van der Waals surface area contributed by atoms with Gasteiger partial charge in [-0.1, -0.05) is 35.9 Å². The average Bonchev–Trinajstić information content (AvgIpc) is 3.16. The van der Waals surface area contributed by atoms with Gasteiger partial charge >= 0.3 is 0 Å². The maximum absolute atomic E-state index is 11.4. The molecule has 3 aromatic rings. The number of aromatic nitrogens is 1. The average molecular weight is 390 g/mol. The van der Waals surface area contributed by atoms with Gasteiger partial charge in [0.15, 0.2) is 0 Å². The van der Waals surface area contributed by atoms with Gasteiger partial charge < -0.3 is 4.90 Å². The quantitative estimate of drug-likeness (QED) is 0.341. The topological polar surface area (TPSA) is 83.1 Å². The van der Waals surface area contributed by atoms with Gasteiger partial charge in [-0.25, -0.2) is 4.98 Å². The van der Waals surface area contributed by atoms with E-state index in [9.17, 15) is 15.4 Å². The molecular formula is C21H18N4O2S. The van der Waals surface area contributed by atoms with Crippen LogP contribution in [-0.4, -0.2) is 24.0 Å². The minimum Gasteiger partial charge on any atom is -0.372 e. The molecular weight excluding hydrogens is 372 g/mol. The maximum Gasteiger partial charge on any atom is 0.293 e. The molecule has 0 bridgehead atoms. The van der Waals surface area contributed by atoms with Crippen LogP contribution < -0.4 is 4.90 Å². The Labute approximate surface area is 167 Å². The Morgan fingerprint density at radius 2 is 1.96 bits per heavy atom. The molecule has 3 rings (SSSR count). The van der Waals surface area contributed by atoms with Crippen LogP contribution in [0.4, 0.5) is 11.4 Å². The third kappa shape index (κ3) is 4.08. The van der Waals surface area contributed by atoms with Crippen LogP contribution in [0.25, 0.3) is 22.9 Å². The van der Waals surface area contributed by atoms with Crippen molar-refractivity contribution in [3.05, 3.63) is 74.1 Å². The number of nitrogens with zero attached hydrogens (tertiary/aromatic N) is 4. The third-order valence-electron chi connectivity index (χ3n) is 4.19. The summed E-state index contributed by atoms with van der Waals surface area (Å²) in [6.07, 6.45) is 1.63.